The van der Waals surface area contributed by atoms with Gasteiger partial charge in [0, 0.05) is 32.3 Å². The third-order valence-corrected chi connectivity index (χ3v) is 12.6. The van der Waals surface area contributed by atoms with Crippen LogP contribution in [0.4, 0.5) is 0 Å². The molecule has 2 heterocycles. The lowest BCUT2D eigenvalue weighted by Gasteiger charge is -2.19. The quantitative estimate of drug-likeness (QED) is 0.167. The molecule has 0 atom stereocenters. The lowest BCUT2D eigenvalue weighted by molar-refractivity contribution is 0.672. The molecule has 0 saturated heterocycles. The van der Waals surface area contributed by atoms with Crippen molar-refractivity contribution in [2.24, 2.45) is 0 Å². The fourth-order valence-corrected chi connectivity index (χ4v) is 9.95. The van der Waals surface area contributed by atoms with Gasteiger partial charge in [-0.1, -0.05) is 176 Å². The van der Waals surface area contributed by atoms with Crippen LogP contribution in [0, 0.1) is 0 Å². The van der Waals surface area contributed by atoms with E-state index in [1.165, 1.54) is 54.9 Å². The first kappa shape index (κ1) is 33.1. The predicted molar refractivity (Wildman–Crippen MR) is 253 cm³/mol. The summed E-state index contributed by atoms with van der Waals surface area (Å²) in [6, 6.07) is 74.6. The Labute approximate surface area is 345 Å². The minimum absolute atomic E-state index is 0.893. The SMILES string of the molecule is c1ccc(-c2ccc(-c3c4cccc(-c5cc6ccccc6c6oc7ccccc7c56)c4cc4c(-c5cc6ccccc6c6oc7ccccc7c56)cccc34)cc2)cc1. The van der Waals surface area contributed by atoms with Crippen LogP contribution in [0.15, 0.2) is 215 Å². The van der Waals surface area contributed by atoms with E-state index in [9.17, 15) is 0 Å². The van der Waals surface area contributed by atoms with Gasteiger partial charge >= 0.3 is 0 Å². The molecule has 0 aliphatic rings. The molecule has 0 fully saturated rings. The van der Waals surface area contributed by atoms with Gasteiger partial charge in [-0.05, 0) is 107 Å². The Morgan fingerprint density at radius 1 is 0.250 bits per heavy atom. The van der Waals surface area contributed by atoms with E-state index in [0.29, 0.717) is 0 Å². The summed E-state index contributed by atoms with van der Waals surface area (Å²) in [5.74, 6) is 0. The van der Waals surface area contributed by atoms with Crippen LogP contribution in [0.2, 0.25) is 0 Å². The van der Waals surface area contributed by atoms with Gasteiger partial charge in [-0.15, -0.1) is 0 Å². The van der Waals surface area contributed by atoms with Crippen LogP contribution in [0.5, 0.6) is 0 Å². The summed E-state index contributed by atoms with van der Waals surface area (Å²) in [7, 11) is 0. The molecule has 0 unspecified atom stereocenters. The molecule has 0 amide bonds. The summed E-state index contributed by atoms with van der Waals surface area (Å²) in [6.45, 7) is 0. The van der Waals surface area contributed by atoms with Crippen LogP contribution in [0.1, 0.15) is 0 Å². The number of furan rings is 2. The normalized spacial score (nSPS) is 12.0. The molecular formula is C58H34O2. The van der Waals surface area contributed by atoms with E-state index in [1.54, 1.807) is 0 Å². The molecule has 0 N–H and O–H groups in total. The molecule has 60 heavy (non-hydrogen) atoms. The Kier molecular flexibility index (Phi) is 7.05. The van der Waals surface area contributed by atoms with E-state index >= 15 is 0 Å². The molecule has 2 heteroatoms. The molecule has 13 aromatic rings. The highest BCUT2D eigenvalue weighted by Crippen LogP contribution is 2.49. The lowest BCUT2D eigenvalue weighted by atomic mass is 9.84. The Balaban J connectivity index is 1.18. The van der Waals surface area contributed by atoms with Crippen LogP contribution in [0.3, 0.4) is 0 Å². The van der Waals surface area contributed by atoms with Gasteiger partial charge in [-0.2, -0.15) is 0 Å². The second-order valence-electron chi connectivity index (χ2n) is 15.9. The number of fused-ring (bicyclic) bond motifs is 12. The number of hydrogen-bond donors (Lipinski definition) is 0. The zero-order chi connectivity index (χ0) is 39.3. The van der Waals surface area contributed by atoms with Crippen molar-refractivity contribution in [3.05, 3.63) is 206 Å². The Bertz CT molecular complexity index is 3650. The van der Waals surface area contributed by atoms with Gasteiger partial charge in [0.2, 0.25) is 0 Å². The summed E-state index contributed by atoms with van der Waals surface area (Å²) in [5.41, 5.74) is 13.1. The van der Waals surface area contributed by atoms with Crippen molar-refractivity contribution >= 4 is 87.0 Å². The first-order valence-corrected chi connectivity index (χ1v) is 20.6. The zero-order valence-corrected chi connectivity index (χ0v) is 32.4. The standard InChI is InChI=1S/C58H34O2/c1-2-14-35(15-3-1)36-28-30-37(31-29-36)54-44-24-12-22-42(50-32-38-16-4-6-18-40(38)57-55(50)46-20-8-10-26-52(46)59-57)48(44)34-49-43(23-13-25-45(49)54)51-33-39-17-5-7-19-41(39)58-56(51)47-21-9-11-27-53(47)60-58/h1-34H. The molecule has 0 aliphatic heterocycles. The second-order valence-corrected chi connectivity index (χ2v) is 15.9. The third kappa shape index (κ3) is 4.82. The fraction of sp³-hybridized carbons (Fsp3) is 0. The third-order valence-electron chi connectivity index (χ3n) is 12.6. The van der Waals surface area contributed by atoms with Crippen molar-refractivity contribution < 1.29 is 8.83 Å². The van der Waals surface area contributed by atoms with Gasteiger partial charge < -0.3 is 8.83 Å². The lowest BCUT2D eigenvalue weighted by Crippen LogP contribution is -1.92. The number of rotatable bonds is 4. The van der Waals surface area contributed by atoms with Crippen LogP contribution in [0.25, 0.3) is 131 Å². The van der Waals surface area contributed by atoms with Crippen LogP contribution in [-0.4, -0.2) is 0 Å². The molecular weight excluding hydrogens is 729 g/mol. The van der Waals surface area contributed by atoms with E-state index in [2.05, 4.69) is 206 Å². The van der Waals surface area contributed by atoms with E-state index in [0.717, 1.165) is 76.5 Å². The van der Waals surface area contributed by atoms with E-state index < -0.39 is 0 Å². The van der Waals surface area contributed by atoms with Crippen molar-refractivity contribution in [1.82, 2.24) is 0 Å². The summed E-state index contributed by atoms with van der Waals surface area (Å²) >= 11 is 0. The maximum atomic E-state index is 6.72. The molecule has 0 radical (unpaired) electrons. The van der Waals surface area contributed by atoms with Crippen molar-refractivity contribution in [3.8, 4) is 44.5 Å². The maximum Gasteiger partial charge on any atom is 0.143 e. The minimum Gasteiger partial charge on any atom is -0.455 e. The van der Waals surface area contributed by atoms with E-state index in [1.807, 2.05) is 0 Å². The smallest absolute Gasteiger partial charge is 0.143 e. The van der Waals surface area contributed by atoms with Crippen LogP contribution in [-0.2, 0) is 0 Å². The van der Waals surface area contributed by atoms with Crippen molar-refractivity contribution in [2.45, 2.75) is 0 Å². The molecule has 13 rings (SSSR count). The van der Waals surface area contributed by atoms with Crippen molar-refractivity contribution in [1.29, 1.82) is 0 Å². The molecule has 0 aliphatic carbocycles. The monoisotopic (exact) mass is 762 g/mol. The summed E-state index contributed by atoms with van der Waals surface area (Å²) in [5, 5.41) is 13.8. The highest BCUT2D eigenvalue weighted by Gasteiger charge is 2.22. The topological polar surface area (TPSA) is 26.3 Å². The summed E-state index contributed by atoms with van der Waals surface area (Å²) in [4.78, 5) is 0. The molecule has 0 saturated carbocycles. The van der Waals surface area contributed by atoms with E-state index in [4.69, 9.17) is 8.83 Å². The first-order chi connectivity index (χ1) is 29.8. The van der Waals surface area contributed by atoms with Gasteiger partial charge in [0.05, 0.1) is 0 Å². The molecule has 2 aromatic heterocycles. The van der Waals surface area contributed by atoms with Gasteiger partial charge in [0.25, 0.3) is 0 Å². The molecule has 11 aromatic carbocycles. The fourth-order valence-electron chi connectivity index (χ4n) is 9.95. The predicted octanol–water partition coefficient (Wildman–Crippen LogP) is 16.8. The number of para-hydroxylation sites is 2. The van der Waals surface area contributed by atoms with Crippen LogP contribution >= 0.6 is 0 Å². The molecule has 0 bridgehead atoms. The van der Waals surface area contributed by atoms with E-state index in [-0.39, 0.29) is 0 Å². The van der Waals surface area contributed by atoms with Gasteiger partial charge in [-0.25, -0.2) is 0 Å². The second kappa shape index (κ2) is 12.8. The highest BCUT2D eigenvalue weighted by atomic mass is 16.3. The maximum absolute atomic E-state index is 6.72. The highest BCUT2D eigenvalue weighted by molar-refractivity contribution is 6.27. The first-order valence-electron chi connectivity index (χ1n) is 20.6. The largest absolute Gasteiger partial charge is 0.455 e. The zero-order valence-electron chi connectivity index (χ0n) is 32.4. The molecule has 278 valence electrons. The van der Waals surface area contributed by atoms with Gasteiger partial charge in [0.15, 0.2) is 0 Å². The average Bonchev–Trinajstić information content (AvgIpc) is 3.91. The minimum atomic E-state index is 0.893. The summed E-state index contributed by atoms with van der Waals surface area (Å²) < 4.78 is 13.4. The number of benzene rings is 11. The van der Waals surface area contributed by atoms with Gasteiger partial charge in [-0.3, -0.25) is 0 Å². The average molecular weight is 763 g/mol. The number of hydrogen-bond acceptors (Lipinski definition) is 2. The molecule has 2 nitrogen and oxygen atoms in total. The molecule has 0 spiro atoms. The van der Waals surface area contributed by atoms with Crippen molar-refractivity contribution in [3.63, 3.8) is 0 Å². The van der Waals surface area contributed by atoms with Crippen LogP contribution < -0.4 is 0 Å². The Morgan fingerprint density at radius 2 is 0.667 bits per heavy atom. The Morgan fingerprint density at radius 3 is 1.20 bits per heavy atom. The van der Waals surface area contributed by atoms with Crippen molar-refractivity contribution in [2.75, 3.05) is 0 Å². The van der Waals surface area contributed by atoms with Gasteiger partial charge in [0.1, 0.15) is 22.3 Å². The Hall–Kier alpha value is -7.94. The summed E-state index contributed by atoms with van der Waals surface area (Å²) in [6.07, 6.45) is 0.